The Kier molecular flexibility index (Phi) is 7.21. The highest BCUT2D eigenvalue weighted by molar-refractivity contribution is 7.10. The molecule has 5 amide bonds. The summed E-state index contributed by atoms with van der Waals surface area (Å²) in [5, 5.41) is 1.82. The number of urea groups is 1. The number of carbonyl (C=O) groups is 4. The number of carbonyl (C=O) groups excluding carboxylic acids is 4. The second-order valence-electron chi connectivity index (χ2n) is 7.98. The molecule has 1 aliphatic heterocycles. The van der Waals surface area contributed by atoms with Gasteiger partial charge in [-0.15, -0.1) is 11.3 Å². The molecule has 0 unspecified atom stereocenters. The van der Waals surface area contributed by atoms with Crippen LogP contribution in [0.3, 0.4) is 0 Å². The summed E-state index contributed by atoms with van der Waals surface area (Å²) in [5.41, 5.74) is 6.43. The fourth-order valence-electron chi connectivity index (χ4n) is 3.91. The first-order chi connectivity index (χ1) is 16.8. The van der Waals surface area contributed by atoms with E-state index in [9.17, 15) is 23.6 Å². The molecule has 1 atom stereocenters. The van der Waals surface area contributed by atoms with Gasteiger partial charge in [0.1, 0.15) is 18.4 Å². The molecule has 35 heavy (non-hydrogen) atoms. The van der Waals surface area contributed by atoms with Gasteiger partial charge in [0.15, 0.2) is 0 Å². The molecule has 2 heterocycles. The van der Waals surface area contributed by atoms with Gasteiger partial charge in [0.05, 0.1) is 0 Å². The average Bonchev–Trinajstić information content (AvgIpc) is 3.44. The molecule has 0 spiro atoms. The van der Waals surface area contributed by atoms with Crippen LogP contribution < -0.4 is 10.6 Å². The second kappa shape index (κ2) is 10.5. The fourth-order valence-corrected chi connectivity index (χ4v) is 4.74. The van der Waals surface area contributed by atoms with Crippen molar-refractivity contribution in [3.8, 4) is 0 Å². The number of hydrogen-bond donors (Lipinski definition) is 1. The molecule has 2 aromatic carbocycles. The zero-order chi connectivity index (χ0) is 24.9. The van der Waals surface area contributed by atoms with Gasteiger partial charge in [-0.25, -0.2) is 9.18 Å². The smallest absolute Gasteiger partial charge is 0.328 e. The standard InChI is InChI=1S/C25H23FN4O4S/c26-18-8-10-19(11-9-18)28(13-12-21(27)31)22(32)16-30-24(33)23(20-7-4-14-35-20)29(25(30)34)15-17-5-2-1-3-6-17/h1-11,14,23H,12-13,15-16H2,(H2,27,31)/t23-/m0/s1. The van der Waals surface area contributed by atoms with Crippen molar-refractivity contribution in [2.24, 2.45) is 5.73 Å². The van der Waals surface area contributed by atoms with Crippen LogP contribution in [-0.2, 0) is 20.9 Å². The predicted molar refractivity (Wildman–Crippen MR) is 129 cm³/mol. The van der Waals surface area contributed by atoms with Crippen LogP contribution >= 0.6 is 11.3 Å². The zero-order valence-corrected chi connectivity index (χ0v) is 19.5. The first kappa shape index (κ1) is 24.1. The maximum Gasteiger partial charge on any atom is 0.328 e. The molecule has 1 aromatic heterocycles. The third-order valence-electron chi connectivity index (χ3n) is 5.61. The second-order valence-corrected chi connectivity index (χ2v) is 8.96. The van der Waals surface area contributed by atoms with E-state index in [2.05, 4.69) is 0 Å². The molecule has 1 fully saturated rings. The quantitative estimate of drug-likeness (QED) is 0.461. The lowest BCUT2D eigenvalue weighted by atomic mass is 10.1. The molecular weight excluding hydrogens is 471 g/mol. The van der Waals surface area contributed by atoms with Gasteiger partial charge in [-0.2, -0.15) is 0 Å². The Morgan fingerprint density at radius 1 is 1.00 bits per heavy atom. The van der Waals surface area contributed by atoms with Crippen LogP contribution in [0.1, 0.15) is 22.9 Å². The Morgan fingerprint density at radius 2 is 1.71 bits per heavy atom. The van der Waals surface area contributed by atoms with Crippen LogP contribution in [0.15, 0.2) is 72.1 Å². The van der Waals surface area contributed by atoms with Crippen molar-refractivity contribution in [2.75, 3.05) is 18.0 Å². The molecule has 1 saturated heterocycles. The van der Waals surface area contributed by atoms with Gasteiger partial charge >= 0.3 is 6.03 Å². The van der Waals surface area contributed by atoms with E-state index in [1.54, 1.807) is 12.1 Å². The number of primary amides is 1. The molecule has 0 aliphatic carbocycles. The van der Waals surface area contributed by atoms with Crippen molar-refractivity contribution in [3.63, 3.8) is 0 Å². The third kappa shape index (κ3) is 5.38. The summed E-state index contributed by atoms with van der Waals surface area (Å²) in [6, 6.07) is 16.5. The number of amides is 5. The molecule has 8 nitrogen and oxygen atoms in total. The minimum atomic E-state index is -0.847. The number of hydrogen-bond acceptors (Lipinski definition) is 5. The summed E-state index contributed by atoms with van der Waals surface area (Å²) in [6.45, 7) is -0.402. The normalized spacial score (nSPS) is 15.5. The number of rotatable bonds is 9. The van der Waals surface area contributed by atoms with Crippen molar-refractivity contribution in [2.45, 2.75) is 19.0 Å². The Hall–Kier alpha value is -4.05. The molecule has 180 valence electrons. The van der Waals surface area contributed by atoms with Crippen LogP contribution in [-0.4, -0.2) is 46.6 Å². The van der Waals surface area contributed by atoms with Gasteiger partial charge in [0.25, 0.3) is 5.91 Å². The van der Waals surface area contributed by atoms with E-state index < -0.39 is 42.2 Å². The predicted octanol–water partition coefficient (Wildman–Crippen LogP) is 3.30. The first-order valence-electron chi connectivity index (χ1n) is 10.9. The molecular formula is C25H23FN4O4S. The lowest BCUT2D eigenvalue weighted by Crippen LogP contribution is -2.44. The number of thiophene rings is 1. The monoisotopic (exact) mass is 494 g/mol. The van der Waals surface area contributed by atoms with Crippen molar-refractivity contribution in [1.29, 1.82) is 0 Å². The van der Waals surface area contributed by atoms with E-state index in [1.165, 1.54) is 45.4 Å². The van der Waals surface area contributed by atoms with Crippen molar-refractivity contribution < 1.29 is 23.6 Å². The molecule has 4 rings (SSSR count). The zero-order valence-electron chi connectivity index (χ0n) is 18.7. The molecule has 3 aromatic rings. The van der Waals surface area contributed by atoms with Crippen molar-refractivity contribution in [1.82, 2.24) is 9.80 Å². The van der Waals surface area contributed by atoms with Gasteiger partial charge in [0.2, 0.25) is 11.8 Å². The summed E-state index contributed by atoms with van der Waals surface area (Å²) in [7, 11) is 0. The minimum Gasteiger partial charge on any atom is -0.370 e. The van der Waals surface area contributed by atoms with E-state index in [-0.39, 0.29) is 19.5 Å². The highest BCUT2D eigenvalue weighted by atomic mass is 32.1. The van der Waals surface area contributed by atoms with Crippen LogP contribution in [0, 0.1) is 5.82 Å². The highest BCUT2D eigenvalue weighted by Crippen LogP contribution is 2.35. The first-order valence-corrected chi connectivity index (χ1v) is 11.8. The molecule has 2 N–H and O–H groups in total. The average molecular weight is 495 g/mol. The van der Waals surface area contributed by atoms with Crippen LogP contribution in [0.2, 0.25) is 0 Å². The molecule has 0 radical (unpaired) electrons. The minimum absolute atomic E-state index is 0.0713. The van der Waals surface area contributed by atoms with E-state index in [0.717, 1.165) is 10.5 Å². The van der Waals surface area contributed by atoms with E-state index in [4.69, 9.17) is 5.73 Å². The van der Waals surface area contributed by atoms with Gasteiger partial charge in [-0.1, -0.05) is 36.4 Å². The van der Waals surface area contributed by atoms with Crippen molar-refractivity contribution >= 4 is 40.8 Å². The Balaban J connectivity index is 1.60. The van der Waals surface area contributed by atoms with E-state index in [0.29, 0.717) is 10.6 Å². The molecule has 1 aliphatic rings. The summed E-state index contributed by atoms with van der Waals surface area (Å²) in [4.78, 5) is 55.7. The van der Waals surface area contributed by atoms with Crippen LogP contribution in [0.4, 0.5) is 14.9 Å². The van der Waals surface area contributed by atoms with Gasteiger partial charge in [-0.3, -0.25) is 19.3 Å². The topological polar surface area (TPSA) is 104 Å². The molecule has 10 heteroatoms. The van der Waals surface area contributed by atoms with Gasteiger partial charge in [0, 0.05) is 30.1 Å². The van der Waals surface area contributed by atoms with Crippen molar-refractivity contribution in [3.05, 3.63) is 88.4 Å². The lowest BCUT2D eigenvalue weighted by Gasteiger charge is -2.25. The Morgan fingerprint density at radius 3 is 2.34 bits per heavy atom. The number of benzene rings is 2. The van der Waals surface area contributed by atoms with E-state index >= 15 is 0 Å². The number of nitrogens with two attached hydrogens (primary N) is 1. The molecule has 0 saturated carbocycles. The Labute approximate surface area is 205 Å². The maximum absolute atomic E-state index is 13.4. The fraction of sp³-hybridized carbons (Fsp3) is 0.200. The van der Waals surface area contributed by atoms with Gasteiger partial charge < -0.3 is 15.5 Å². The lowest BCUT2D eigenvalue weighted by molar-refractivity contribution is -0.132. The molecule has 0 bridgehead atoms. The highest BCUT2D eigenvalue weighted by Gasteiger charge is 2.47. The Bertz CT molecular complexity index is 1220. The summed E-state index contributed by atoms with van der Waals surface area (Å²) >= 11 is 1.35. The number of imide groups is 1. The summed E-state index contributed by atoms with van der Waals surface area (Å²) in [5.74, 6) is -2.21. The van der Waals surface area contributed by atoms with E-state index in [1.807, 2.05) is 35.7 Å². The van der Waals surface area contributed by atoms with Gasteiger partial charge in [-0.05, 0) is 41.3 Å². The summed E-state index contributed by atoms with van der Waals surface area (Å²) < 4.78 is 13.4. The maximum atomic E-state index is 13.4. The number of anilines is 1. The van der Waals surface area contributed by atoms with Crippen LogP contribution in [0.25, 0.3) is 0 Å². The summed E-state index contributed by atoms with van der Waals surface area (Å²) in [6.07, 6.45) is -0.136. The number of nitrogens with zero attached hydrogens (tertiary/aromatic N) is 3. The number of halogens is 1. The largest absolute Gasteiger partial charge is 0.370 e. The third-order valence-corrected chi connectivity index (χ3v) is 6.54. The van der Waals surface area contributed by atoms with Crippen LogP contribution in [0.5, 0.6) is 0 Å². The SMILES string of the molecule is NC(=O)CCN(C(=O)CN1C(=O)[C@H](c2cccs2)N(Cc2ccccc2)C1=O)c1ccc(F)cc1.